The Morgan fingerprint density at radius 2 is 2.04 bits per heavy atom. The molecule has 28 heavy (non-hydrogen) atoms. The van der Waals surface area contributed by atoms with Crippen LogP contribution in [-0.4, -0.2) is 22.4 Å². The predicted octanol–water partition coefficient (Wildman–Crippen LogP) is 2.72. The summed E-state index contributed by atoms with van der Waals surface area (Å²) in [5.41, 5.74) is 5.91. The van der Waals surface area contributed by atoms with Gasteiger partial charge in [-0.3, -0.25) is 9.59 Å². The molecule has 4 rings (SSSR count). The number of para-hydroxylation sites is 1. The molecule has 2 fully saturated rings. The van der Waals surface area contributed by atoms with E-state index in [-0.39, 0.29) is 24.4 Å². The molecule has 146 valence electrons. The molecule has 2 aromatic rings. The lowest BCUT2D eigenvalue weighted by Gasteiger charge is -2.45. The molecule has 6 heteroatoms. The zero-order valence-electron chi connectivity index (χ0n) is 15.9. The maximum atomic E-state index is 12.9. The number of fused-ring (bicyclic) bond motifs is 1. The number of carbonyl (C=O) groups is 2. The van der Waals surface area contributed by atoms with E-state index < -0.39 is 17.2 Å². The molecule has 0 spiro atoms. The molecular formula is C22H26N4O2. The second kappa shape index (κ2) is 7.31. The van der Waals surface area contributed by atoms with Crippen molar-refractivity contribution in [3.05, 3.63) is 36.5 Å². The molecule has 1 aromatic heterocycles. The van der Waals surface area contributed by atoms with Gasteiger partial charge in [0.15, 0.2) is 0 Å². The molecule has 2 amide bonds. The van der Waals surface area contributed by atoms with Crippen LogP contribution in [0.15, 0.2) is 36.5 Å². The minimum atomic E-state index is -0.956. The Hall–Kier alpha value is -2.81. The number of nitriles is 1. The molecule has 2 saturated carbocycles. The largest absolute Gasteiger partial charge is 0.369 e. The Morgan fingerprint density at radius 3 is 2.75 bits per heavy atom. The van der Waals surface area contributed by atoms with E-state index in [2.05, 4.69) is 11.4 Å². The first-order valence-electron chi connectivity index (χ1n) is 10.1. The van der Waals surface area contributed by atoms with Gasteiger partial charge in [-0.2, -0.15) is 5.26 Å². The molecule has 1 heterocycles. The highest BCUT2D eigenvalue weighted by Crippen LogP contribution is 2.52. The summed E-state index contributed by atoms with van der Waals surface area (Å²) in [5.74, 6) is -0.778. The van der Waals surface area contributed by atoms with Crippen molar-refractivity contribution < 1.29 is 9.59 Å². The Bertz CT molecular complexity index is 939. The summed E-state index contributed by atoms with van der Waals surface area (Å²) in [6, 6.07) is 11.9. The van der Waals surface area contributed by atoms with Gasteiger partial charge < -0.3 is 15.6 Å². The molecule has 3 atom stereocenters. The number of primary amides is 1. The van der Waals surface area contributed by atoms with Crippen LogP contribution in [0.1, 0.15) is 38.5 Å². The molecule has 1 aromatic carbocycles. The Morgan fingerprint density at radius 1 is 1.25 bits per heavy atom. The van der Waals surface area contributed by atoms with Gasteiger partial charge in [0.25, 0.3) is 0 Å². The summed E-state index contributed by atoms with van der Waals surface area (Å²) in [5, 5.41) is 14.0. The van der Waals surface area contributed by atoms with Crippen molar-refractivity contribution in [3.8, 4) is 6.07 Å². The van der Waals surface area contributed by atoms with Crippen LogP contribution in [0.2, 0.25) is 0 Å². The fourth-order valence-corrected chi connectivity index (χ4v) is 4.96. The highest BCUT2D eigenvalue weighted by atomic mass is 16.2. The zero-order chi connectivity index (χ0) is 19.7. The van der Waals surface area contributed by atoms with Crippen LogP contribution < -0.4 is 11.1 Å². The number of amides is 2. The van der Waals surface area contributed by atoms with Gasteiger partial charge in [-0.25, -0.2) is 0 Å². The first-order chi connectivity index (χ1) is 13.6. The molecule has 0 aliphatic heterocycles. The van der Waals surface area contributed by atoms with E-state index in [9.17, 15) is 14.9 Å². The van der Waals surface area contributed by atoms with Crippen LogP contribution in [0.3, 0.4) is 0 Å². The normalized spacial score (nSPS) is 25.8. The molecule has 0 bridgehead atoms. The van der Waals surface area contributed by atoms with Crippen molar-refractivity contribution in [2.24, 2.45) is 23.0 Å². The summed E-state index contributed by atoms with van der Waals surface area (Å²) in [4.78, 5) is 25.5. The second-order valence-electron chi connectivity index (χ2n) is 8.22. The summed E-state index contributed by atoms with van der Waals surface area (Å²) in [7, 11) is 0. The van der Waals surface area contributed by atoms with Gasteiger partial charge in [-0.1, -0.05) is 31.0 Å². The maximum absolute atomic E-state index is 12.9. The third-order valence-electron chi connectivity index (χ3n) is 6.53. The van der Waals surface area contributed by atoms with Gasteiger partial charge in [0.05, 0.1) is 17.4 Å². The number of nitrogens with zero attached hydrogens (tertiary/aromatic N) is 2. The van der Waals surface area contributed by atoms with E-state index in [0.29, 0.717) is 12.8 Å². The highest BCUT2D eigenvalue weighted by Gasteiger charge is 2.56. The van der Waals surface area contributed by atoms with Crippen LogP contribution in [0, 0.1) is 28.6 Å². The van der Waals surface area contributed by atoms with Crippen LogP contribution in [-0.2, 0) is 16.1 Å². The molecule has 3 N–H and O–H groups in total. The van der Waals surface area contributed by atoms with E-state index in [1.54, 1.807) is 0 Å². The van der Waals surface area contributed by atoms with E-state index in [4.69, 9.17) is 5.73 Å². The molecule has 2 aliphatic rings. The van der Waals surface area contributed by atoms with E-state index in [1.165, 1.54) is 0 Å². The number of benzene rings is 1. The summed E-state index contributed by atoms with van der Waals surface area (Å²) >= 11 is 0. The quantitative estimate of drug-likeness (QED) is 0.808. The third-order valence-corrected chi connectivity index (χ3v) is 6.53. The fourth-order valence-electron chi connectivity index (χ4n) is 4.96. The van der Waals surface area contributed by atoms with Crippen LogP contribution in [0.25, 0.3) is 10.9 Å². The van der Waals surface area contributed by atoms with Crippen molar-refractivity contribution in [3.63, 3.8) is 0 Å². The standard InChI is InChI=1S/C22H26N4O2/c23-13-17(15-8-9-15)22(21(24)28)11-4-3-7-19(22)25-20(27)14-26-12-10-16-5-1-2-6-18(16)26/h1-2,5-6,10,12,15,17,19H,3-4,7-9,11,14H2,(H2,24,28)(H,25,27). The number of rotatable bonds is 6. The molecule has 3 unspecified atom stereocenters. The fraction of sp³-hybridized carbons (Fsp3) is 0.500. The number of hydrogen-bond acceptors (Lipinski definition) is 3. The molecule has 6 nitrogen and oxygen atoms in total. The van der Waals surface area contributed by atoms with E-state index in [1.807, 2.05) is 41.1 Å². The first kappa shape index (κ1) is 18.5. The minimum Gasteiger partial charge on any atom is -0.369 e. The lowest BCUT2D eigenvalue weighted by Crippen LogP contribution is -2.60. The number of nitrogens with one attached hydrogen (secondary N) is 1. The second-order valence-corrected chi connectivity index (χ2v) is 8.22. The van der Waals surface area contributed by atoms with Gasteiger partial charge in [0.2, 0.25) is 11.8 Å². The predicted molar refractivity (Wildman–Crippen MR) is 106 cm³/mol. The highest BCUT2D eigenvalue weighted by molar-refractivity contribution is 5.86. The maximum Gasteiger partial charge on any atom is 0.240 e. The van der Waals surface area contributed by atoms with Crippen molar-refractivity contribution in [1.29, 1.82) is 5.26 Å². The minimum absolute atomic E-state index is 0.147. The van der Waals surface area contributed by atoms with Crippen molar-refractivity contribution in [1.82, 2.24) is 9.88 Å². The van der Waals surface area contributed by atoms with Gasteiger partial charge in [0.1, 0.15) is 6.54 Å². The zero-order valence-corrected chi connectivity index (χ0v) is 15.9. The average molecular weight is 378 g/mol. The molecule has 0 radical (unpaired) electrons. The average Bonchev–Trinajstić information content (AvgIpc) is 3.44. The third kappa shape index (κ3) is 3.15. The lowest BCUT2D eigenvalue weighted by molar-refractivity contribution is -0.136. The first-order valence-corrected chi connectivity index (χ1v) is 10.1. The van der Waals surface area contributed by atoms with Gasteiger partial charge in [-0.15, -0.1) is 0 Å². The van der Waals surface area contributed by atoms with Gasteiger partial charge >= 0.3 is 0 Å². The van der Waals surface area contributed by atoms with Crippen LogP contribution in [0.4, 0.5) is 0 Å². The smallest absolute Gasteiger partial charge is 0.240 e. The van der Waals surface area contributed by atoms with Crippen molar-refractivity contribution >= 4 is 22.7 Å². The number of carbonyl (C=O) groups excluding carboxylic acids is 2. The SMILES string of the molecule is N#CC(C1CC1)C1(C(N)=O)CCCCC1NC(=O)Cn1ccc2ccccc21. The van der Waals surface area contributed by atoms with Crippen LogP contribution >= 0.6 is 0 Å². The topological polar surface area (TPSA) is 101 Å². The lowest BCUT2D eigenvalue weighted by atomic mass is 9.61. The Kier molecular flexibility index (Phi) is 4.84. The Balaban J connectivity index is 1.56. The number of nitrogens with two attached hydrogens (primary N) is 1. The Labute approximate surface area is 164 Å². The molecule has 0 saturated heterocycles. The van der Waals surface area contributed by atoms with Gasteiger partial charge in [-0.05, 0) is 49.1 Å². The van der Waals surface area contributed by atoms with E-state index in [0.717, 1.165) is 36.6 Å². The van der Waals surface area contributed by atoms with Crippen molar-refractivity contribution in [2.45, 2.75) is 51.1 Å². The molecular weight excluding hydrogens is 352 g/mol. The molecule has 2 aliphatic carbocycles. The summed E-state index contributed by atoms with van der Waals surface area (Å²) < 4.78 is 1.90. The van der Waals surface area contributed by atoms with Crippen molar-refractivity contribution in [2.75, 3.05) is 0 Å². The monoisotopic (exact) mass is 378 g/mol. The van der Waals surface area contributed by atoms with E-state index >= 15 is 0 Å². The summed E-state index contributed by atoms with van der Waals surface area (Å²) in [6.45, 7) is 0.180. The number of hydrogen-bond donors (Lipinski definition) is 2. The van der Waals surface area contributed by atoms with Crippen LogP contribution in [0.5, 0.6) is 0 Å². The number of aromatic nitrogens is 1. The van der Waals surface area contributed by atoms with Gasteiger partial charge in [0, 0.05) is 17.8 Å². The summed E-state index contributed by atoms with van der Waals surface area (Å²) in [6.07, 6.45) is 6.87.